The molecule has 3 rings (SSSR count). The van der Waals surface area contributed by atoms with E-state index in [1.165, 1.54) is 11.8 Å². The lowest BCUT2D eigenvalue weighted by molar-refractivity contribution is 0.102. The monoisotopic (exact) mass is 450 g/mol. The first-order chi connectivity index (χ1) is 13.8. The minimum Gasteiger partial charge on any atom is -0.308 e. The van der Waals surface area contributed by atoms with Gasteiger partial charge in [-0.15, -0.1) is 10.2 Å². The van der Waals surface area contributed by atoms with Crippen molar-refractivity contribution in [2.75, 3.05) is 5.75 Å². The van der Waals surface area contributed by atoms with E-state index in [0.29, 0.717) is 21.6 Å². The first-order valence-corrected chi connectivity index (χ1v) is 11.5. The summed E-state index contributed by atoms with van der Waals surface area (Å²) in [4.78, 5) is 12.5. The van der Waals surface area contributed by atoms with Gasteiger partial charge in [-0.2, -0.15) is 0 Å². The fourth-order valence-electron chi connectivity index (χ4n) is 2.43. The quantitative estimate of drug-likeness (QED) is 0.418. The molecule has 0 fully saturated rings. The summed E-state index contributed by atoms with van der Waals surface area (Å²) in [5.74, 6) is 0.571. The van der Waals surface area contributed by atoms with E-state index in [1.807, 2.05) is 6.92 Å². The van der Waals surface area contributed by atoms with Crippen LogP contribution in [0.25, 0.3) is 0 Å². The number of sulfonamides is 1. The van der Waals surface area contributed by atoms with E-state index in [4.69, 9.17) is 11.6 Å². The summed E-state index contributed by atoms with van der Waals surface area (Å²) in [6.45, 7) is 1.88. The van der Waals surface area contributed by atoms with Crippen LogP contribution in [0, 0.1) is 6.92 Å². The number of halogens is 1. The number of aryl methyl sites for hydroxylation is 1. The van der Waals surface area contributed by atoms with Gasteiger partial charge in [0.2, 0.25) is 10.0 Å². The highest BCUT2D eigenvalue weighted by molar-refractivity contribution is 7.99. The Morgan fingerprint density at radius 3 is 2.41 bits per heavy atom. The first-order valence-electron chi connectivity index (χ1n) is 8.62. The molecule has 0 saturated heterocycles. The summed E-state index contributed by atoms with van der Waals surface area (Å²) in [5.41, 5.74) is 1.54. The van der Waals surface area contributed by atoms with Crippen LogP contribution in [0.1, 0.15) is 21.7 Å². The van der Waals surface area contributed by atoms with Crippen molar-refractivity contribution in [3.8, 4) is 0 Å². The number of benzene rings is 2. The fourth-order valence-corrected chi connectivity index (χ4v) is 4.36. The van der Waals surface area contributed by atoms with Gasteiger partial charge in [0.15, 0.2) is 10.9 Å². The molecule has 7 nitrogen and oxygen atoms in total. The highest BCUT2D eigenvalue weighted by atomic mass is 35.5. The van der Waals surface area contributed by atoms with Gasteiger partial charge >= 0.3 is 0 Å². The van der Waals surface area contributed by atoms with Gasteiger partial charge < -0.3 is 4.57 Å². The molecule has 0 aliphatic heterocycles. The highest BCUT2D eigenvalue weighted by Gasteiger charge is 2.17. The molecule has 0 amide bonds. The van der Waals surface area contributed by atoms with Crippen LogP contribution in [0.5, 0.6) is 0 Å². The molecular weight excluding hydrogens is 432 g/mol. The highest BCUT2D eigenvalue weighted by Crippen LogP contribution is 2.19. The molecular formula is C19H19ClN4O3S2. The minimum atomic E-state index is -3.65. The number of ketones is 1. The van der Waals surface area contributed by atoms with Gasteiger partial charge in [0, 0.05) is 17.6 Å². The average Bonchev–Trinajstić information content (AvgIpc) is 3.05. The van der Waals surface area contributed by atoms with Crippen molar-refractivity contribution in [3.63, 3.8) is 0 Å². The van der Waals surface area contributed by atoms with E-state index < -0.39 is 10.0 Å². The molecule has 0 saturated carbocycles. The summed E-state index contributed by atoms with van der Waals surface area (Å²) in [6, 6.07) is 13.3. The van der Waals surface area contributed by atoms with E-state index in [0.717, 1.165) is 5.56 Å². The van der Waals surface area contributed by atoms with Gasteiger partial charge in [0.25, 0.3) is 0 Å². The van der Waals surface area contributed by atoms with Crippen LogP contribution in [-0.4, -0.2) is 34.7 Å². The van der Waals surface area contributed by atoms with Gasteiger partial charge in [0.1, 0.15) is 5.82 Å². The Morgan fingerprint density at radius 2 is 1.76 bits per heavy atom. The number of hydrogen-bond acceptors (Lipinski definition) is 6. The lowest BCUT2D eigenvalue weighted by Crippen LogP contribution is -2.24. The second-order valence-electron chi connectivity index (χ2n) is 6.31. The SMILES string of the molecule is Cc1ccc(S(=O)(=O)NCc2nnc(SCC(=O)c3ccc(Cl)cc3)n2C)cc1. The summed E-state index contributed by atoms with van der Waals surface area (Å²) in [7, 11) is -1.92. The number of thioether (sulfide) groups is 1. The second kappa shape index (κ2) is 9.08. The number of nitrogens with one attached hydrogen (secondary N) is 1. The molecule has 0 aliphatic rings. The Bertz CT molecular complexity index is 1110. The Morgan fingerprint density at radius 1 is 1.10 bits per heavy atom. The van der Waals surface area contributed by atoms with Crippen LogP contribution in [0.15, 0.2) is 58.6 Å². The molecule has 0 aliphatic carbocycles. The molecule has 1 heterocycles. The maximum Gasteiger partial charge on any atom is 0.240 e. The normalized spacial score (nSPS) is 11.6. The molecule has 0 unspecified atom stereocenters. The molecule has 152 valence electrons. The van der Waals surface area contributed by atoms with E-state index >= 15 is 0 Å². The zero-order valence-corrected chi connectivity index (χ0v) is 18.2. The third kappa shape index (κ3) is 5.45. The molecule has 29 heavy (non-hydrogen) atoms. The fraction of sp³-hybridized carbons (Fsp3) is 0.211. The molecule has 0 radical (unpaired) electrons. The Hall–Kier alpha value is -2.20. The third-order valence-electron chi connectivity index (χ3n) is 4.18. The van der Waals surface area contributed by atoms with Gasteiger partial charge in [-0.05, 0) is 43.3 Å². The van der Waals surface area contributed by atoms with Crippen LogP contribution in [0.3, 0.4) is 0 Å². The molecule has 0 bridgehead atoms. The van der Waals surface area contributed by atoms with Crippen molar-refractivity contribution in [1.82, 2.24) is 19.5 Å². The summed E-state index contributed by atoms with van der Waals surface area (Å²) < 4.78 is 29.0. The van der Waals surface area contributed by atoms with Crippen molar-refractivity contribution in [1.29, 1.82) is 0 Å². The van der Waals surface area contributed by atoms with Crippen LogP contribution < -0.4 is 4.72 Å². The molecule has 1 N–H and O–H groups in total. The Labute approximate surface area is 178 Å². The predicted octanol–water partition coefficient (Wildman–Crippen LogP) is 3.23. The maximum atomic E-state index is 12.4. The summed E-state index contributed by atoms with van der Waals surface area (Å²) in [5, 5.41) is 9.17. The second-order valence-corrected chi connectivity index (χ2v) is 9.46. The molecule has 10 heteroatoms. The number of Topliss-reactive ketones (excluding diaryl/α,β-unsaturated/α-hetero) is 1. The first kappa shape index (κ1) is 21.5. The number of hydrogen-bond donors (Lipinski definition) is 1. The number of carbonyl (C=O) groups excluding carboxylic acids is 1. The van der Waals surface area contributed by atoms with Crippen LogP contribution >= 0.6 is 23.4 Å². The van der Waals surface area contributed by atoms with E-state index in [2.05, 4.69) is 14.9 Å². The number of carbonyl (C=O) groups is 1. The van der Waals surface area contributed by atoms with Crippen LogP contribution in [0.2, 0.25) is 5.02 Å². The van der Waals surface area contributed by atoms with E-state index in [9.17, 15) is 13.2 Å². The van der Waals surface area contributed by atoms with Gasteiger partial charge in [-0.1, -0.05) is 41.1 Å². The van der Waals surface area contributed by atoms with Crippen molar-refractivity contribution >= 4 is 39.2 Å². The zero-order valence-electron chi connectivity index (χ0n) is 15.8. The van der Waals surface area contributed by atoms with E-state index in [1.54, 1.807) is 60.1 Å². The van der Waals surface area contributed by atoms with Gasteiger partial charge in [-0.25, -0.2) is 13.1 Å². The Balaban J connectivity index is 1.61. The number of aromatic nitrogens is 3. The van der Waals surface area contributed by atoms with Gasteiger partial charge in [0.05, 0.1) is 17.2 Å². The molecule has 0 atom stereocenters. The minimum absolute atomic E-state index is 0.00853. The van der Waals surface area contributed by atoms with Gasteiger partial charge in [-0.3, -0.25) is 4.79 Å². The van der Waals surface area contributed by atoms with Crippen LogP contribution in [-0.2, 0) is 23.6 Å². The molecule has 0 spiro atoms. The van der Waals surface area contributed by atoms with Crippen molar-refractivity contribution < 1.29 is 13.2 Å². The molecule has 2 aromatic carbocycles. The lowest BCUT2D eigenvalue weighted by Gasteiger charge is -2.07. The van der Waals surface area contributed by atoms with Crippen molar-refractivity contribution in [3.05, 3.63) is 70.5 Å². The average molecular weight is 451 g/mol. The summed E-state index contributed by atoms with van der Waals surface area (Å²) in [6.07, 6.45) is 0. The number of nitrogens with zero attached hydrogens (tertiary/aromatic N) is 3. The largest absolute Gasteiger partial charge is 0.308 e. The number of rotatable bonds is 8. The van der Waals surface area contributed by atoms with E-state index in [-0.39, 0.29) is 23.0 Å². The zero-order chi connectivity index (χ0) is 21.0. The van der Waals surface area contributed by atoms with Crippen LogP contribution in [0.4, 0.5) is 0 Å². The topological polar surface area (TPSA) is 94.0 Å². The summed E-state index contributed by atoms with van der Waals surface area (Å²) >= 11 is 7.07. The smallest absolute Gasteiger partial charge is 0.240 e. The standard InChI is InChI=1S/C19H19ClN4O3S2/c1-13-3-9-16(10-4-13)29(26,27)21-11-18-22-23-19(24(18)2)28-12-17(25)14-5-7-15(20)8-6-14/h3-10,21H,11-12H2,1-2H3. The Kier molecular flexibility index (Phi) is 6.74. The van der Waals surface area contributed by atoms with Crippen molar-refractivity contribution in [2.24, 2.45) is 7.05 Å². The third-order valence-corrected chi connectivity index (χ3v) is 6.86. The van der Waals surface area contributed by atoms with Crippen molar-refractivity contribution in [2.45, 2.75) is 23.5 Å². The molecule has 3 aromatic rings. The lowest BCUT2D eigenvalue weighted by atomic mass is 10.1. The maximum absolute atomic E-state index is 12.4. The predicted molar refractivity (Wildman–Crippen MR) is 113 cm³/mol. The molecule has 1 aromatic heterocycles.